The Balaban J connectivity index is 2.21. The molecule has 19 heavy (non-hydrogen) atoms. The van der Waals surface area contributed by atoms with Crippen molar-refractivity contribution in [3.05, 3.63) is 28.8 Å². The molecule has 0 bridgehead atoms. The van der Waals surface area contributed by atoms with E-state index in [1.807, 2.05) is 12.1 Å². The van der Waals surface area contributed by atoms with Gasteiger partial charge in [-0.05, 0) is 31.0 Å². The fourth-order valence-electron chi connectivity index (χ4n) is 2.65. The Morgan fingerprint density at radius 2 is 2.32 bits per heavy atom. The van der Waals surface area contributed by atoms with Crippen LogP contribution in [0.25, 0.3) is 0 Å². The maximum atomic E-state index is 6.42. The standard InChI is InChI=1S/C15H23ClN2O/c1-3-17-10-12-6-4-8-14(16)15(12)18-9-5-7-13(11-18)19-2/h4,6,8,13,17H,3,5,7,9-11H2,1-2H3. The first kappa shape index (κ1) is 14.6. The molecule has 1 aliphatic heterocycles. The molecule has 106 valence electrons. The Hall–Kier alpha value is -0.770. The van der Waals surface area contributed by atoms with Crippen molar-refractivity contribution in [2.45, 2.75) is 32.4 Å². The number of anilines is 1. The van der Waals surface area contributed by atoms with E-state index in [2.05, 4.69) is 23.2 Å². The number of halogens is 1. The third kappa shape index (κ3) is 3.62. The summed E-state index contributed by atoms with van der Waals surface area (Å²) in [6.45, 7) is 5.93. The largest absolute Gasteiger partial charge is 0.380 e. The summed E-state index contributed by atoms with van der Waals surface area (Å²) in [6.07, 6.45) is 2.61. The van der Waals surface area contributed by atoms with Crippen molar-refractivity contribution >= 4 is 17.3 Å². The van der Waals surface area contributed by atoms with Crippen LogP contribution in [0.5, 0.6) is 0 Å². The van der Waals surface area contributed by atoms with Crippen LogP contribution in [0.3, 0.4) is 0 Å². The number of para-hydroxylation sites is 1. The van der Waals surface area contributed by atoms with E-state index >= 15 is 0 Å². The minimum Gasteiger partial charge on any atom is -0.380 e. The van der Waals surface area contributed by atoms with Gasteiger partial charge in [-0.3, -0.25) is 0 Å². The van der Waals surface area contributed by atoms with Crippen LogP contribution in [0.1, 0.15) is 25.3 Å². The van der Waals surface area contributed by atoms with Crippen molar-refractivity contribution in [2.24, 2.45) is 0 Å². The monoisotopic (exact) mass is 282 g/mol. The van der Waals surface area contributed by atoms with Crippen LogP contribution in [-0.2, 0) is 11.3 Å². The van der Waals surface area contributed by atoms with Gasteiger partial charge in [-0.1, -0.05) is 30.7 Å². The molecule has 0 saturated carbocycles. The number of hydrogen-bond acceptors (Lipinski definition) is 3. The normalized spacial score (nSPS) is 19.7. The number of hydrogen-bond donors (Lipinski definition) is 1. The molecule has 1 unspecified atom stereocenters. The molecule has 1 saturated heterocycles. The third-order valence-corrected chi connectivity index (χ3v) is 3.97. The van der Waals surface area contributed by atoms with Gasteiger partial charge in [0.15, 0.2) is 0 Å². The molecule has 1 atom stereocenters. The summed E-state index contributed by atoms with van der Waals surface area (Å²) in [6, 6.07) is 6.15. The van der Waals surface area contributed by atoms with Gasteiger partial charge < -0.3 is 15.0 Å². The van der Waals surface area contributed by atoms with E-state index < -0.39 is 0 Å². The molecule has 1 aromatic rings. The van der Waals surface area contributed by atoms with Crippen LogP contribution in [0.15, 0.2) is 18.2 Å². The molecule has 0 radical (unpaired) electrons. The number of rotatable bonds is 5. The number of benzene rings is 1. The van der Waals surface area contributed by atoms with E-state index in [9.17, 15) is 0 Å². The molecule has 1 N–H and O–H groups in total. The van der Waals surface area contributed by atoms with E-state index in [4.69, 9.17) is 16.3 Å². The number of methoxy groups -OCH3 is 1. The highest BCUT2D eigenvalue weighted by molar-refractivity contribution is 6.33. The predicted molar refractivity (Wildman–Crippen MR) is 81.1 cm³/mol. The van der Waals surface area contributed by atoms with Gasteiger partial charge in [-0.2, -0.15) is 0 Å². The predicted octanol–water partition coefficient (Wildman–Crippen LogP) is 3.06. The average molecular weight is 283 g/mol. The highest BCUT2D eigenvalue weighted by Crippen LogP contribution is 2.32. The SMILES string of the molecule is CCNCc1cccc(Cl)c1N1CCCC(OC)C1. The van der Waals surface area contributed by atoms with E-state index in [-0.39, 0.29) is 0 Å². The summed E-state index contributed by atoms with van der Waals surface area (Å²) in [7, 11) is 1.79. The van der Waals surface area contributed by atoms with E-state index in [0.29, 0.717) is 6.10 Å². The summed E-state index contributed by atoms with van der Waals surface area (Å²) < 4.78 is 5.50. The molecule has 0 aliphatic carbocycles. The summed E-state index contributed by atoms with van der Waals surface area (Å²) in [5.41, 5.74) is 2.44. The van der Waals surface area contributed by atoms with Gasteiger partial charge in [0.05, 0.1) is 16.8 Å². The average Bonchev–Trinajstić information content (AvgIpc) is 2.45. The van der Waals surface area contributed by atoms with Gasteiger partial charge in [-0.15, -0.1) is 0 Å². The first-order valence-electron chi connectivity index (χ1n) is 7.02. The van der Waals surface area contributed by atoms with Gasteiger partial charge in [-0.25, -0.2) is 0 Å². The molecule has 0 spiro atoms. The van der Waals surface area contributed by atoms with Gasteiger partial charge in [0.1, 0.15) is 0 Å². The van der Waals surface area contributed by atoms with Crippen LogP contribution in [0, 0.1) is 0 Å². The molecular weight excluding hydrogens is 260 g/mol. The molecule has 0 aromatic heterocycles. The van der Waals surface area contributed by atoms with E-state index in [1.165, 1.54) is 11.3 Å². The van der Waals surface area contributed by atoms with Crippen molar-refractivity contribution in [1.82, 2.24) is 5.32 Å². The number of ether oxygens (including phenoxy) is 1. The minimum absolute atomic E-state index is 0.317. The zero-order valence-electron chi connectivity index (χ0n) is 11.8. The van der Waals surface area contributed by atoms with Gasteiger partial charge in [0.2, 0.25) is 0 Å². The molecule has 1 aromatic carbocycles. The molecule has 0 amide bonds. The highest BCUT2D eigenvalue weighted by Gasteiger charge is 2.22. The summed E-state index contributed by atoms with van der Waals surface area (Å²) in [4.78, 5) is 2.37. The second-order valence-corrected chi connectivity index (χ2v) is 5.38. The molecule has 2 rings (SSSR count). The smallest absolute Gasteiger partial charge is 0.0746 e. The lowest BCUT2D eigenvalue weighted by Crippen LogP contribution is -2.40. The molecule has 1 heterocycles. The van der Waals surface area contributed by atoms with Crippen LogP contribution in [0.4, 0.5) is 5.69 Å². The third-order valence-electron chi connectivity index (χ3n) is 3.66. The van der Waals surface area contributed by atoms with Crippen LogP contribution < -0.4 is 10.2 Å². The quantitative estimate of drug-likeness (QED) is 0.898. The molecule has 1 aliphatic rings. The molecule has 4 heteroatoms. The first-order chi connectivity index (χ1) is 9.26. The summed E-state index contributed by atoms with van der Waals surface area (Å²) in [5, 5.41) is 4.22. The van der Waals surface area contributed by atoms with Crippen molar-refractivity contribution < 1.29 is 4.74 Å². The van der Waals surface area contributed by atoms with Crippen molar-refractivity contribution in [3.8, 4) is 0 Å². The van der Waals surface area contributed by atoms with E-state index in [1.54, 1.807) is 7.11 Å². The molecule has 3 nitrogen and oxygen atoms in total. The maximum Gasteiger partial charge on any atom is 0.0746 e. The number of nitrogens with zero attached hydrogens (tertiary/aromatic N) is 1. The Bertz CT molecular complexity index is 411. The first-order valence-corrected chi connectivity index (χ1v) is 7.40. The van der Waals surface area contributed by atoms with Gasteiger partial charge in [0.25, 0.3) is 0 Å². The Morgan fingerprint density at radius 1 is 1.47 bits per heavy atom. The van der Waals surface area contributed by atoms with Crippen LogP contribution in [0.2, 0.25) is 5.02 Å². The molecule has 1 fully saturated rings. The van der Waals surface area contributed by atoms with E-state index in [0.717, 1.165) is 44.0 Å². The zero-order valence-corrected chi connectivity index (χ0v) is 12.5. The van der Waals surface area contributed by atoms with Crippen molar-refractivity contribution in [2.75, 3.05) is 31.6 Å². The minimum atomic E-state index is 0.317. The lowest BCUT2D eigenvalue weighted by atomic mass is 10.0. The lowest BCUT2D eigenvalue weighted by Gasteiger charge is -2.35. The van der Waals surface area contributed by atoms with Crippen LogP contribution >= 0.6 is 11.6 Å². The van der Waals surface area contributed by atoms with Gasteiger partial charge >= 0.3 is 0 Å². The summed E-state index contributed by atoms with van der Waals surface area (Å²) in [5.74, 6) is 0. The summed E-state index contributed by atoms with van der Waals surface area (Å²) >= 11 is 6.42. The Kier molecular flexibility index (Phi) is 5.49. The van der Waals surface area contributed by atoms with Crippen molar-refractivity contribution in [1.29, 1.82) is 0 Å². The second-order valence-electron chi connectivity index (χ2n) is 4.97. The fourth-order valence-corrected chi connectivity index (χ4v) is 2.96. The Morgan fingerprint density at radius 3 is 3.05 bits per heavy atom. The molecular formula is C15H23ClN2O. The maximum absolute atomic E-state index is 6.42. The topological polar surface area (TPSA) is 24.5 Å². The number of piperidine rings is 1. The second kappa shape index (κ2) is 7.13. The fraction of sp³-hybridized carbons (Fsp3) is 0.600. The lowest BCUT2D eigenvalue weighted by molar-refractivity contribution is 0.0893. The Labute approximate surface area is 120 Å². The highest BCUT2D eigenvalue weighted by atomic mass is 35.5. The zero-order chi connectivity index (χ0) is 13.7. The van der Waals surface area contributed by atoms with Crippen LogP contribution in [-0.4, -0.2) is 32.8 Å². The van der Waals surface area contributed by atoms with Gasteiger partial charge in [0, 0.05) is 26.7 Å². The van der Waals surface area contributed by atoms with Crippen molar-refractivity contribution in [3.63, 3.8) is 0 Å². The number of nitrogens with one attached hydrogen (secondary N) is 1.